The minimum Gasteiger partial charge on any atom is -0.481 e. The summed E-state index contributed by atoms with van der Waals surface area (Å²) >= 11 is 0. The van der Waals surface area contributed by atoms with Gasteiger partial charge in [-0.3, -0.25) is 19.2 Å². The largest absolute Gasteiger partial charge is 0.481 e. The molecule has 154 valence electrons. The summed E-state index contributed by atoms with van der Waals surface area (Å²) in [6, 6.07) is -5.89. The summed E-state index contributed by atoms with van der Waals surface area (Å²) in [5.74, 6) is -5.89. The van der Waals surface area contributed by atoms with Gasteiger partial charge in [-0.1, -0.05) is 0 Å². The molecule has 0 aromatic rings. The van der Waals surface area contributed by atoms with E-state index in [-0.39, 0.29) is 0 Å². The highest BCUT2D eigenvalue weighted by Gasteiger charge is 2.30. The van der Waals surface area contributed by atoms with Crippen LogP contribution in [0.25, 0.3) is 0 Å². The molecule has 13 heteroatoms. The Morgan fingerprint density at radius 3 is 1.81 bits per heavy atom. The summed E-state index contributed by atoms with van der Waals surface area (Å²) < 4.78 is 0. The lowest BCUT2D eigenvalue weighted by molar-refractivity contribution is -0.144. The summed E-state index contributed by atoms with van der Waals surface area (Å²) in [5.41, 5.74) is 5.40. The Kier molecular flexibility index (Phi) is 9.92. The number of carbonyl (C=O) groups excluding carboxylic acids is 3. The van der Waals surface area contributed by atoms with Gasteiger partial charge in [-0.15, -0.1) is 0 Å². The predicted molar refractivity (Wildman–Crippen MR) is 88.1 cm³/mol. The third-order valence-electron chi connectivity index (χ3n) is 3.38. The number of amides is 3. The molecule has 27 heavy (non-hydrogen) atoms. The number of aliphatic carboxylic acids is 2. The fraction of sp³-hybridized carbons (Fsp3) is 0.643. The highest BCUT2D eigenvalue weighted by atomic mass is 16.4. The number of carboxylic acids is 2. The average molecular weight is 392 g/mol. The maximum atomic E-state index is 12.2. The minimum atomic E-state index is -1.59. The van der Waals surface area contributed by atoms with E-state index >= 15 is 0 Å². The molecular formula is C14H24N4O9. The molecule has 5 unspecified atom stereocenters. The fourth-order valence-corrected chi connectivity index (χ4v) is 1.73. The average Bonchev–Trinajstić information content (AvgIpc) is 2.56. The Labute approximate surface area is 153 Å². The molecule has 9 N–H and O–H groups in total. The number of aliphatic hydroxyl groups is 2. The lowest BCUT2D eigenvalue weighted by atomic mass is 10.1. The number of aliphatic hydroxyl groups excluding tert-OH is 2. The Morgan fingerprint density at radius 2 is 1.41 bits per heavy atom. The second kappa shape index (κ2) is 11.1. The molecule has 0 radical (unpaired) electrons. The minimum absolute atomic E-state index is 0.827. The highest BCUT2D eigenvalue weighted by Crippen LogP contribution is 1.98. The predicted octanol–water partition coefficient (Wildman–Crippen LogP) is -4.28. The molecule has 0 saturated carbocycles. The molecule has 0 aromatic heterocycles. The SMILES string of the molecule is CC(NC(=O)C(CC(=O)O)NC(=O)C(N)C(C)O)C(=O)NC(CO)C(=O)O. The highest BCUT2D eigenvalue weighted by molar-refractivity contribution is 5.95. The van der Waals surface area contributed by atoms with Crippen molar-refractivity contribution in [3.8, 4) is 0 Å². The smallest absolute Gasteiger partial charge is 0.328 e. The standard InChI is InChI=1S/C14H24N4O9/c1-5(11(23)18-8(4-19)14(26)27)16-12(24)7(3-9(21)22)17-13(25)10(15)6(2)20/h5-8,10,19-20H,3-4,15H2,1-2H3,(H,16,24)(H,17,25)(H,18,23)(H,21,22)(H,26,27). The monoisotopic (exact) mass is 392 g/mol. The Bertz CT molecular complexity index is 581. The summed E-state index contributed by atoms with van der Waals surface area (Å²) in [6.07, 6.45) is -2.08. The molecule has 0 bridgehead atoms. The van der Waals surface area contributed by atoms with E-state index in [4.69, 9.17) is 21.1 Å². The molecule has 0 aliphatic heterocycles. The summed E-state index contributed by atoms with van der Waals surface area (Å²) in [5, 5.41) is 41.9. The molecule has 0 aromatic carbocycles. The van der Waals surface area contributed by atoms with Crippen LogP contribution >= 0.6 is 0 Å². The Hall–Kier alpha value is -2.77. The zero-order valence-electron chi connectivity index (χ0n) is 14.7. The molecule has 0 spiro atoms. The van der Waals surface area contributed by atoms with Crippen molar-refractivity contribution in [2.45, 2.75) is 50.5 Å². The molecule has 0 aliphatic rings. The van der Waals surface area contributed by atoms with Crippen molar-refractivity contribution in [1.82, 2.24) is 16.0 Å². The van der Waals surface area contributed by atoms with Crippen molar-refractivity contribution in [1.29, 1.82) is 0 Å². The van der Waals surface area contributed by atoms with Gasteiger partial charge in [-0.2, -0.15) is 0 Å². The molecule has 3 amide bonds. The third kappa shape index (κ3) is 8.44. The number of rotatable bonds is 11. The van der Waals surface area contributed by atoms with Crippen LogP contribution in [0.4, 0.5) is 0 Å². The van der Waals surface area contributed by atoms with Crippen LogP contribution in [0, 0.1) is 0 Å². The van der Waals surface area contributed by atoms with Gasteiger partial charge in [0.15, 0.2) is 0 Å². The quantitative estimate of drug-likeness (QED) is 0.169. The molecule has 13 nitrogen and oxygen atoms in total. The maximum absolute atomic E-state index is 12.2. The molecule has 0 aliphatic carbocycles. The van der Waals surface area contributed by atoms with E-state index in [1.165, 1.54) is 13.8 Å². The van der Waals surface area contributed by atoms with Gasteiger partial charge in [0.1, 0.15) is 24.2 Å². The number of nitrogens with two attached hydrogens (primary N) is 1. The van der Waals surface area contributed by atoms with Crippen LogP contribution in [-0.2, 0) is 24.0 Å². The molecule has 5 atom stereocenters. The zero-order valence-corrected chi connectivity index (χ0v) is 14.7. The van der Waals surface area contributed by atoms with Crippen molar-refractivity contribution >= 4 is 29.7 Å². The van der Waals surface area contributed by atoms with Crippen LogP contribution in [-0.4, -0.2) is 87.0 Å². The van der Waals surface area contributed by atoms with Crippen LogP contribution in [0.1, 0.15) is 20.3 Å². The fourth-order valence-electron chi connectivity index (χ4n) is 1.73. The normalized spacial score (nSPS) is 16.2. The van der Waals surface area contributed by atoms with E-state index in [0.29, 0.717) is 0 Å². The van der Waals surface area contributed by atoms with Gasteiger partial charge in [0.25, 0.3) is 0 Å². The van der Waals surface area contributed by atoms with E-state index in [2.05, 4.69) is 10.6 Å². The number of carboxylic acid groups (broad SMARTS) is 2. The van der Waals surface area contributed by atoms with Gasteiger partial charge in [0, 0.05) is 0 Å². The Morgan fingerprint density at radius 1 is 0.889 bits per heavy atom. The molecule has 0 saturated heterocycles. The first-order valence-electron chi connectivity index (χ1n) is 7.80. The Balaban J connectivity index is 5.02. The molecule has 0 heterocycles. The number of nitrogens with one attached hydrogen (secondary N) is 3. The van der Waals surface area contributed by atoms with Crippen molar-refractivity contribution < 1.29 is 44.4 Å². The van der Waals surface area contributed by atoms with Crippen LogP contribution in [0.3, 0.4) is 0 Å². The lowest BCUT2D eigenvalue weighted by Gasteiger charge is -2.23. The van der Waals surface area contributed by atoms with Crippen LogP contribution in [0.15, 0.2) is 0 Å². The zero-order chi connectivity index (χ0) is 21.3. The van der Waals surface area contributed by atoms with E-state index in [9.17, 15) is 29.1 Å². The van der Waals surface area contributed by atoms with Crippen LogP contribution < -0.4 is 21.7 Å². The van der Waals surface area contributed by atoms with Crippen molar-refractivity contribution in [3.63, 3.8) is 0 Å². The van der Waals surface area contributed by atoms with Gasteiger partial charge in [-0.05, 0) is 13.8 Å². The van der Waals surface area contributed by atoms with Crippen LogP contribution in [0.5, 0.6) is 0 Å². The van der Waals surface area contributed by atoms with Gasteiger partial charge < -0.3 is 42.1 Å². The van der Waals surface area contributed by atoms with Crippen molar-refractivity contribution in [2.75, 3.05) is 6.61 Å². The third-order valence-corrected chi connectivity index (χ3v) is 3.38. The van der Waals surface area contributed by atoms with Crippen LogP contribution in [0.2, 0.25) is 0 Å². The second-order valence-corrected chi connectivity index (χ2v) is 5.74. The molecular weight excluding hydrogens is 368 g/mol. The van der Waals surface area contributed by atoms with E-state index in [0.717, 1.165) is 0 Å². The summed E-state index contributed by atoms with van der Waals surface area (Å²) in [4.78, 5) is 57.5. The van der Waals surface area contributed by atoms with Crippen molar-refractivity contribution in [3.05, 3.63) is 0 Å². The van der Waals surface area contributed by atoms with E-state index < -0.39 is 73.0 Å². The lowest BCUT2D eigenvalue weighted by Crippen LogP contribution is -2.58. The maximum Gasteiger partial charge on any atom is 0.328 e. The topological polar surface area (TPSA) is 228 Å². The van der Waals surface area contributed by atoms with Crippen molar-refractivity contribution in [2.24, 2.45) is 5.73 Å². The van der Waals surface area contributed by atoms with Gasteiger partial charge >= 0.3 is 11.9 Å². The first-order valence-corrected chi connectivity index (χ1v) is 7.80. The molecule has 0 fully saturated rings. The number of hydrogen-bond acceptors (Lipinski definition) is 8. The summed E-state index contributed by atoms with van der Waals surface area (Å²) in [6.45, 7) is 1.53. The second-order valence-electron chi connectivity index (χ2n) is 5.74. The first kappa shape index (κ1) is 24.2. The molecule has 0 rings (SSSR count). The van der Waals surface area contributed by atoms with Gasteiger partial charge in [-0.25, -0.2) is 4.79 Å². The summed E-state index contributed by atoms with van der Waals surface area (Å²) in [7, 11) is 0. The first-order chi connectivity index (χ1) is 12.4. The van der Waals surface area contributed by atoms with E-state index in [1.54, 1.807) is 0 Å². The van der Waals surface area contributed by atoms with Gasteiger partial charge in [0.05, 0.1) is 19.1 Å². The number of hydrogen-bond donors (Lipinski definition) is 8. The number of carbonyl (C=O) groups is 5. The van der Waals surface area contributed by atoms with E-state index in [1.807, 2.05) is 5.32 Å². The van der Waals surface area contributed by atoms with Gasteiger partial charge in [0.2, 0.25) is 17.7 Å².